The van der Waals surface area contributed by atoms with Crippen LogP contribution >= 0.6 is 12.2 Å². The van der Waals surface area contributed by atoms with Crippen molar-refractivity contribution in [2.24, 2.45) is 0 Å². The largest absolute Gasteiger partial charge is 0.492 e. The van der Waals surface area contributed by atoms with Gasteiger partial charge in [-0.25, -0.2) is 0 Å². The minimum Gasteiger partial charge on any atom is -0.492 e. The molecule has 0 spiro atoms. The van der Waals surface area contributed by atoms with Crippen LogP contribution in [0.1, 0.15) is 17.5 Å². The summed E-state index contributed by atoms with van der Waals surface area (Å²) >= 11 is 5.35. The van der Waals surface area contributed by atoms with Gasteiger partial charge in [-0.2, -0.15) is 5.10 Å². The molecule has 0 aliphatic heterocycles. The van der Waals surface area contributed by atoms with Gasteiger partial charge in [0.1, 0.15) is 12.4 Å². The molecule has 2 N–H and O–H groups in total. The molecule has 31 heavy (non-hydrogen) atoms. The molecule has 2 aromatic carbocycles. The summed E-state index contributed by atoms with van der Waals surface area (Å²) in [6, 6.07) is 15.9. The van der Waals surface area contributed by atoms with Crippen LogP contribution in [0.3, 0.4) is 0 Å². The van der Waals surface area contributed by atoms with E-state index in [0.29, 0.717) is 30.9 Å². The highest BCUT2D eigenvalue weighted by molar-refractivity contribution is 7.71. The van der Waals surface area contributed by atoms with Gasteiger partial charge in [-0.05, 0) is 50.9 Å². The monoisotopic (exact) mass is 439 g/mol. The van der Waals surface area contributed by atoms with Crippen LogP contribution < -0.4 is 10.1 Å². The van der Waals surface area contributed by atoms with Crippen molar-refractivity contribution in [2.75, 3.05) is 27.2 Å². The number of amides is 1. The van der Waals surface area contributed by atoms with Gasteiger partial charge in [-0.1, -0.05) is 42.0 Å². The quantitative estimate of drug-likeness (QED) is 0.473. The second-order valence-corrected chi connectivity index (χ2v) is 8.08. The lowest BCUT2D eigenvalue weighted by Gasteiger charge is -2.12. The second kappa shape index (κ2) is 10.9. The molecule has 0 fully saturated rings. The molecule has 0 saturated heterocycles. The highest BCUT2D eigenvalue weighted by Gasteiger charge is 2.11. The Morgan fingerprint density at radius 1 is 1.23 bits per heavy atom. The lowest BCUT2D eigenvalue weighted by Crippen LogP contribution is -2.24. The maximum absolute atomic E-state index is 12.4. The topological polar surface area (TPSA) is 75.2 Å². The van der Waals surface area contributed by atoms with Crippen molar-refractivity contribution >= 4 is 18.1 Å². The number of likely N-dealkylation sites (N-methyl/N-ethyl adjacent to an activating group) is 1. The van der Waals surface area contributed by atoms with Crippen LogP contribution in [0.2, 0.25) is 0 Å². The first kappa shape index (κ1) is 22.7. The number of aromatic amines is 1. The molecule has 3 rings (SSSR count). The Hall–Kier alpha value is -2.97. The molecule has 0 saturated carbocycles. The van der Waals surface area contributed by atoms with E-state index in [9.17, 15) is 4.79 Å². The Labute approximate surface area is 188 Å². The van der Waals surface area contributed by atoms with Gasteiger partial charge >= 0.3 is 0 Å². The minimum absolute atomic E-state index is 0.0446. The Kier molecular flexibility index (Phi) is 7.97. The number of aromatic nitrogens is 3. The van der Waals surface area contributed by atoms with Crippen LogP contribution in [-0.2, 0) is 17.9 Å². The molecule has 3 aromatic rings. The molecule has 0 aliphatic rings. The van der Waals surface area contributed by atoms with Gasteiger partial charge in [0.05, 0.1) is 0 Å². The normalized spacial score (nSPS) is 11.0. The van der Waals surface area contributed by atoms with Gasteiger partial charge in [0.2, 0.25) is 5.91 Å². The number of nitrogens with zero attached hydrogens (tertiary/aromatic N) is 3. The number of benzene rings is 2. The highest BCUT2D eigenvalue weighted by Crippen LogP contribution is 2.18. The van der Waals surface area contributed by atoms with Crippen molar-refractivity contribution < 1.29 is 9.53 Å². The number of aryl methyl sites for hydroxylation is 1. The van der Waals surface area contributed by atoms with E-state index in [1.54, 1.807) is 0 Å². The summed E-state index contributed by atoms with van der Waals surface area (Å²) in [7, 11) is 4.02. The summed E-state index contributed by atoms with van der Waals surface area (Å²) in [6.07, 6.45) is 0.311. The first-order chi connectivity index (χ1) is 14.9. The van der Waals surface area contributed by atoms with Gasteiger partial charge < -0.3 is 15.0 Å². The predicted molar refractivity (Wildman–Crippen MR) is 125 cm³/mol. The van der Waals surface area contributed by atoms with E-state index >= 15 is 0 Å². The van der Waals surface area contributed by atoms with Crippen LogP contribution in [0.15, 0.2) is 48.5 Å². The fourth-order valence-corrected chi connectivity index (χ4v) is 3.27. The van der Waals surface area contributed by atoms with Crippen molar-refractivity contribution in [1.82, 2.24) is 25.0 Å². The summed E-state index contributed by atoms with van der Waals surface area (Å²) < 4.78 is 8.12. The number of carbonyl (C=O) groups excluding carboxylic acids is 1. The van der Waals surface area contributed by atoms with E-state index in [0.717, 1.165) is 29.2 Å². The van der Waals surface area contributed by atoms with E-state index < -0.39 is 0 Å². The molecule has 0 atom stereocenters. The van der Waals surface area contributed by atoms with Crippen LogP contribution in [0, 0.1) is 11.7 Å². The highest BCUT2D eigenvalue weighted by atomic mass is 32.1. The number of nitrogens with one attached hydrogen (secondary N) is 2. The summed E-state index contributed by atoms with van der Waals surface area (Å²) in [6.45, 7) is 4.42. The molecule has 1 heterocycles. The molecule has 0 bridgehead atoms. The van der Waals surface area contributed by atoms with Gasteiger partial charge in [0.25, 0.3) is 0 Å². The minimum atomic E-state index is -0.0446. The van der Waals surface area contributed by atoms with Crippen molar-refractivity contribution in [3.05, 3.63) is 64.4 Å². The number of carbonyl (C=O) groups is 1. The van der Waals surface area contributed by atoms with E-state index in [2.05, 4.69) is 20.4 Å². The first-order valence-corrected chi connectivity index (χ1v) is 10.7. The smallest absolute Gasteiger partial charge is 0.222 e. The molecule has 8 heteroatoms. The predicted octanol–water partition coefficient (Wildman–Crippen LogP) is 3.56. The van der Waals surface area contributed by atoms with Crippen molar-refractivity contribution in [3.8, 4) is 17.1 Å². The van der Waals surface area contributed by atoms with Crippen LogP contribution in [-0.4, -0.2) is 52.8 Å². The second-order valence-electron chi connectivity index (χ2n) is 7.70. The van der Waals surface area contributed by atoms with Crippen molar-refractivity contribution in [2.45, 2.75) is 26.4 Å². The van der Waals surface area contributed by atoms with Crippen molar-refractivity contribution in [3.63, 3.8) is 0 Å². The Balaban J connectivity index is 1.53. The van der Waals surface area contributed by atoms with Gasteiger partial charge in [0.15, 0.2) is 10.6 Å². The molecule has 0 unspecified atom stereocenters. The fourth-order valence-electron chi connectivity index (χ4n) is 3.04. The van der Waals surface area contributed by atoms with Crippen molar-refractivity contribution in [1.29, 1.82) is 0 Å². The third kappa shape index (κ3) is 6.77. The van der Waals surface area contributed by atoms with Gasteiger partial charge in [-0.3, -0.25) is 14.5 Å². The maximum Gasteiger partial charge on any atom is 0.222 e. The van der Waals surface area contributed by atoms with E-state index in [-0.39, 0.29) is 5.91 Å². The molecule has 1 aromatic heterocycles. The summed E-state index contributed by atoms with van der Waals surface area (Å²) in [5.41, 5.74) is 3.14. The van der Waals surface area contributed by atoms with Crippen LogP contribution in [0.25, 0.3) is 11.4 Å². The Bertz CT molecular complexity index is 1060. The van der Waals surface area contributed by atoms with E-state index in [1.165, 1.54) is 5.56 Å². The molecular weight excluding hydrogens is 410 g/mol. The summed E-state index contributed by atoms with van der Waals surface area (Å²) in [5.74, 6) is 1.50. The molecule has 1 amide bonds. The van der Waals surface area contributed by atoms with Crippen LogP contribution in [0.5, 0.6) is 5.75 Å². The van der Waals surface area contributed by atoms with Crippen LogP contribution in [0.4, 0.5) is 0 Å². The lowest BCUT2D eigenvalue weighted by atomic mass is 10.1. The molecule has 7 nitrogen and oxygen atoms in total. The van der Waals surface area contributed by atoms with Gasteiger partial charge in [0, 0.05) is 31.6 Å². The van der Waals surface area contributed by atoms with E-state index in [4.69, 9.17) is 17.0 Å². The number of H-pyrrole nitrogens is 1. The zero-order chi connectivity index (χ0) is 22.2. The Morgan fingerprint density at radius 2 is 2.00 bits per heavy atom. The average Bonchev–Trinajstić information content (AvgIpc) is 3.11. The number of rotatable bonds is 10. The lowest BCUT2D eigenvalue weighted by molar-refractivity contribution is -0.121. The number of hydrogen-bond acceptors (Lipinski definition) is 5. The van der Waals surface area contributed by atoms with Gasteiger partial charge in [-0.15, -0.1) is 0 Å². The third-order valence-corrected chi connectivity index (χ3v) is 5.14. The molecule has 0 aliphatic carbocycles. The maximum atomic E-state index is 12.4. The van der Waals surface area contributed by atoms with E-state index in [1.807, 2.05) is 74.1 Å². The molecule has 164 valence electrons. The Morgan fingerprint density at radius 3 is 2.74 bits per heavy atom. The number of hydrogen-bond donors (Lipinski definition) is 2. The molecular formula is C23H29N5O2S. The molecule has 0 radical (unpaired) electrons. The average molecular weight is 440 g/mol. The summed E-state index contributed by atoms with van der Waals surface area (Å²) in [5, 5.41) is 10.1. The zero-order valence-electron chi connectivity index (χ0n) is 18.2. The SMILES string of the molecule is Cc1ccc(-c2n[nH]c(=S)n2CCC(=O)NCc2cccc(OCCN(C)C)c2)cc1. The first-order valence-electron chi connectivity index (χ1n) is 10.3. The zero-order valence-corrected chi connectivity index (χ0v) is 19.0. The standard InChI is InChI=1S/C23H29N5O2S/c1-17-7-9-19(10-8-17)22-25-26-23(31)28(22)12-11-21(29)24-16-18-5-4-6-20(15-18)30-14-13-27(2)3/h4-10,15H,11-14,16H2,1-3H3,(H,24,29)(H,26,31). The fraction of sp³-hybridized carbons (Fsp3) is 0.348. The third-order valence-electron chi connectivity index (χ3n) is 4.83. The summed E-state index contributed by atoms with van der Waals surface area (Å²) in [4.78, 5) is 14.5. The number of ether oxygens (including phenoxy) is 1.